The lowest BCUT2D eigenvalue weighted by molar-refractivity contribution is 0.771. The molecule has 2 aromatic heterocycles. The largest absolute Gasteiger partial charge is 0.324 e. The molecule has 4 nitrogen and oxygen atoms in total. The van der Waals surface area contributed by atoms with Gasteiger partial charge in [-0.15, -0.1) is 0 Å². The third-order valence-corrected chi connectivity index (χ3v) is 2.99. The lowest BCUT2D eigenvalue weighted by Gasteiger charge is -2.11. The van der Waals surface area contributed by atoms with Gasteiger partial charge in [0, 0.05) is 23.2 Å². The quantitative estimate of drug-likeness (QED) is 0.746. The van der Waals surface area contributed by atoms with Crippen molar-refractivity contribution in [2.24, 2.45) is 5.73 Å². The van der Waals surface area contributed by atoms with Crippen LogP contribution >= 0.6 is 0 Å². The van der Waals surface area contributed by atoms with E-state index in [9.17, 15) is 0 Å². The van der Waals surface area contributed by atoms with E-state index in [1.54, 1.807) is 6.20 Å². The Morgan fingerprint density at radius 2 is 2.00 bits per heavy atom. The van der Waals surface area contributed by atoms with E-state index in [4.69, 9.17) is 5.73 Å². The minimum atomic E-state index is -0.0725. The molecule has 3 rings (SSSR count). The number of pyridine rings is 1. The van der Waals surface area contributed by atoms with Crippen LogP contribution in [0.5, 0.6) is 0 Å². The number of rotatable bonds is 2. The van der Waals surface area contributed by atoms with Gasteiger partial charge >= 0.3 is 0 Å². The summed E-state index contributed by atoms with van der Waals surface area (Å²) in [6, 6.07) is 11.9. The molecule has 0 spiro atoms. The van der Waals surface area contributed by atoms with E-state index in [1.165, 1.54) is 0 Å². The Balaban J connectivity index is 2.27. The maximum Gasteiger partial charge on any atom is 0.158 e. The minimum absolute atomic E-state index is 0.0725. The average Bonchev–Trinajstić information content (AvgIpc) is 2.82. The Morgan fingerprint density at radius 3 is 2.83 bits per heavy atom. The Labute approximate surface area is 105 Å². The van der Waals surface area contributed by atoms with Crippen LogP contribution in [0.1, 0.15) is 18.5 Å². The summed E-state index contributed by atoms with van der Waals surface area (Å²) in [6.45, 7) is 1.95. The molecule has 0 amide bonds. The smallest absolute Gasteiger partial charge is 0.158 e. The van der Waals surface area contributed by atoms with Crippen LogP contribution in [0.2, 0.25) is 0 Å². The normalized spacial score (nSPS) is 12.8. The van der Waals surface area contributed by atoms with Gasteiger partial charge in [-0.25, -0.2) is 9.67 Å². The Morgan fingerprint density at radius 1 is 1.17 bits per heavy atom. The summed E-state index contributed by atoms with van der Waals surface area (Å²) in [5.41, 5.74) is 8.02. The summed E-state index contributed by atoms with van der Waals surface area (Å²) in [6.07, 6.45) is 3.60. The molecule has 0 saturated carbocycles. The van der Waals surface area contributed by atoms with Gasteiger partial charge in [-0.3, -0.25) is 0 Å². The highest BCUT2D eigenvalue weighted by molar-refractivity contribution is 5.80. The van der Waals surface area contributed by atoms with Crippen LogP contribution in [-0.4, -0.2) is 14.8 Å². The first-order valence-electron chi connectivity index (χ1n) is 5.91. The number of hydrogen-bond acceptors (Lipinski definition) is 3. The number of fused-ring (bicyclic) bond motifs is 1. The molecular weight excluding hydrogens is 224 g/mol. The highest BCUT2D eigenvalue weighted by Crippen LogP contribution is 2.21. The SMILES string of the molecule is CC(N)c1cccnc1-n1ncc2ccccc21. The first-order chi connectivity index (χ1) is 8.77. The zero-order chi connectivity index (χ0) is 12.5. The molecule has 1 unspecified atom stereocenters. The van der Waals surface area contributed by atoms with Crippen LogP contribution in [0.3, 0.4) is 0 Å². The van der Waals surface area contributed by atoms with Crippen LogP contribution < -0.4 is 5.73 Å². The maximum absolute atomic E-state index is 5.98. The average molecular weight is 238 g/mol. The molecule has 18 heavy (non-hydrogen) atoms. The molecule has 2 heterocycles. The second kappa shape index (κ2) is 4.23. The standard InChI is InChI=1S/C14H14N4/c1-10(15)12-6-4-8-16-14(12)18-13-7-3-2-5-11(13)9-17-18/h2-10H,15H2,1H3. The Hall–Kier alpha value is -2.20. The predicted molar refractivity (Wildman–Crippen MR) is 71.5 cm³/mol. The Bertz CT molecular complexity index is 685. The molecule has 0 aliphatic rings. The molecule has 4 heteroatoms. The van der Waals surface area contributed by atoms with Gasteiger partial charge in [0.05, 0.1) is 11.7 Å². The fourth-order valence-electron chi connectivity index (χ4n) is 2.08. The van der Waals surface area contributed by atoms with Crippen molar-refractivity contribution >= 4 is 10.9 Å². The van der Waals surface area contributed by atoms with Crippen molar-refractivity contribution in [3.63, 3.8) is 0 Å². The van der Waals surface area contributed by atoms with Crippen molar-refractivity contribution in [1.82, 2.24) is 14.8 Å². The first kappa shape index (κ1) is 10.9. The molecule has 0 aliphatic carbocycles. The van der Waals surface area contributed by atoms with Gasteiger partial charge in [-0.05, 0) is 19.1 Å². The summed E-state index contributed by atoms with van der Waals surface area (Å²) < 4.78 is 1.84. The molecule has 0 aliphatic heterocycles. The zero-order valence-electron chi connectivity index (χ0n) is 10.1. The van der Waals surface area contributed by atoms with Crippen LogP contribution in [0.4, 0.5) is 0 Å². The molecular formula is C14H14N4. The first-order valence-corrected chi connectivity index (χ1v) is 5.91. The number of nitrogens with zero attached hydrogens (tertiary/aromatic N) is 3. The maximum atomic E-state index is 5.98. The van der Waals surface area contributed by atoms with Crippen molar-refractivity contribution in [3.8, 4) is 5.82 Å². The molecule has 0 fully saturated rings. The van der Waals surface area contributed by atoms with Crippen LogP contribution in [0.25, 0.3) is 16.7 Å². The van der Waals surface area contributed by atoms with Crippen LogP contribution in [0, 0.1) is 0 Å². The topological polar surface area (TPSA) is 56.7 Å². The highest BCUT2D eigenvalue weighted by Gasteiger charge is 2.12. The summed E-state index contributed by atoms with van der Waals surface area (Å²) in [4.78, 5) is 4.41. The van der Waals surface area contributed by atoms with E-state index in [1.807, 2.05) is 54.2 Å². The fourth-order valence-corrected chi connectivity index (χ4v) is 2.08. The summed E-state index contributed by atoms with van der Waals surface area (Å²) >= 11 is 0. The number of aromatic nitrogens is 3. The van der Waals surface area contributed by atoms with E-state index in [0.717, 1.165) is 22.3 Å². The van der Waals surface area contributed by atoms with Crippen molar-refractivity contribution in [2.45, 2.75) is 13.0 Å². The minimum Gasteiger partial charge on any atom is -0.324 e. The number of nitrogens with two attached hydrogens (primary N) is 1. The van der Waals surface area contributed by atoms with Gasteiger partial charge in [-0.2, -0.15) is 5.10 Å². The molecule has 0 saturated heterocycles. The molecule has 2 N–H and O–H groups in total. The summed E-state index contributed by atoms with van der Waals surface area (Å²) in [7, 11) is 0. The molecule has 0 bridgehead atoms. The van der Waals surface area contributed by atoms with Gasteiger partial charge in [0.1, 0.15) is 0 Å². The summed E-state index contributed by atoms with van der Waals surface area (Å²) in [5.74, 6) is 0.800. The van der Waals surface area contributed by atoms with E-state index < -0.39 is 0 Å². The highest BCUT2D eigenvalue weighted by atomic mass is 15.3. The van der Waals surface area contributed by atoms with E-state index in [-0.39, 0.29) is 6.04 Å². The van der Waals surface area contributed by atoms with Crippen molar-refractivity contribution in [2.75, 3.05) is 0 Å². The van der Waals surface area contributed by atoms with Crippen molar-refractivity contribution in [1.29, 1.82) is 0 Å². The molecule has 1 atom stereocenters. The monoisotopic (exact) mass is 238 g/mol. The lowest BCUT2D eigenvalue weighted by Crippen LogP contribution is -2.11. The van der Waals surface area contributed by atoms with Gasteiger partial charge in [0.25, 0.3) is 0 Å². The molecule has 0 radical (unpaired) electrons. The van der Waals surface area contributed by atoms with Gasteiger partial charge < -0.3 is 5.73 Å². The van der Waals surface area contributed by atoms with Crippen molar-refractivity contribution in [3.05, 3.63) is 54.4 Å². The van der Waals surface area contributed by atoms with Crippen LogP contribution in [0.15, 0.2) is 48.8 Å². The van der Waals surface area contributed by atoms with Crippen LogP contribution in [-0.2, 0) is 0 Å². The van der Waals surface area contributed by atoms with E-state index >= 15 is 0 Å². The second-order valence-electron chi connectivity index (χ2n) is 4.32. The zero-order valence-corrected chi connectivity index (χ0v) is 10.1. The third-order valence-electron chi connectivity index (χ3n) is 2.99. The van der Waals surface area contributed by atoms with Crippen molar-refractivity contribution < 1.29 is 0 Å². The lowest BCUT2D eigenvalue weighted by atomic mass is 10.1. The number of benzene rings is 1. The van der Waals surface area contributed by atoms with Gasteiger partial charge in [-0.1, -0.05) is 24.3 Å². The summed E-state index contributed by atoms with van der Waals surface area (Å²) in [5, 5.41) is 5.50. The third kappa shape index (κ3) is 1.67. The van der Waals surface area contributed by atoms with Gasteiger partial charge in [0.2, 0.25) is 0 Å². The molecule has 3 aromatic rings. The predicted octanol–water partition coefficient (Wildman–Crippen LogP) is 2.44. The van der Waals surface area contributed by atoms with E-state index in [2.05, 4.69) is 10.1 Å². The second-order valence-corrected chi connectivity index (χ2v) is 4.32. The number of hydrogen-bond donors (Lipinski definition) is 1. The number of para-hydroxylation sites is 1. The van der Waals surface area contributed by atoms with Gasteiger partial charge in [0.15, 0.2) is 5.82 Å². The fraction of sp³-hybridized carbons (Fsp3) is 0.143. The Kier molecular flexibility index (Phi) is 2.57. The molecule has 90 valence electrons. The molecule has 1 aromatic carbocycles. The van der Waals surface area contributed by atoms with E-state index in [0.29, 0.717) is 0 Å².